The smallest absolute Gasteiger partial charge is 0.261 e. The van der Waals surface area contributed by atoms with Crippen molar-refractivity contribution in [3.63, 3.8) is 0 Å². The Hall–Kier alpha value is -0.430. The van der Waals surface area contributed by atoms with Crippen LogP contribution in [0, 0.1) is 0 Å². The Bertz CT molecular complexity index is 329. The average Bonchev–Trinajstić information content (AvgIpc) is 2.62. The Labute approximate surface area is 100 Å². The summed E-state index contributed by atoms with van der Waals surface area (Å²) in [7, 11) is 1.50. The van der Waals surface area contributed by atoms with Crippen LogP contribution in [0.1, 0.15) is 9.67 Å². The van der Waals surface area contributed by atoms with E-state index >= 15 is 0 Å². The van der Waals surface area contributed by atoms with E-state index in [1.807, 2.05) is 6.07 Å². The van der Waals surface area contributed by atoms with Crippen LogP contribution in [-0.2, 0) is 4.74 Å². The van der Waals surface area contributed by atoms with E-state index in [4.69, 9.17) is 4.74 Å². The summed E-state index contributed by atoms with van der Waals surface area (Å²) < 4.78 is 5.65. The van der Waals surface area contributed by atoms with Gasteiger partial charge in [0, 0.05) is 13.7 Å². The van der Waals surface area contributed by atoms with Crippen molar-refractivity contribution in [2.45, 2.75) is 6.10 Å². The lowest BCUT2D eigenvalue weighted by Gasteiger charge is -2.09. The van der Waals surface area contributed by atoms with Crippen LogP contribution >= 0.6 is 27.3 Å². The van der Waals surface area contributed by atoms with Gasteiger partial charge in [0.15, 0.2) is 0 Å². The molecule has 0 fully saturated rings. The third kappa shape index (κ3) is 4.29. The van der Waals surface area contributed by atoms with Gasteiger partial charge in [-0.1, -0.05) is 0 Å². The van der Waals surface area contributed by atoms with Crippen molar-refractivity contribution in [1.29, 1.82) is 0 Å². The Kier molecular flexibility index (Phi) is 5.24. The first-order valence-electron chi connectivity index (χ1n) is 4.34. The van der Waals surface area contributed by atoms with Crippen molar-refractivity contribution in [1.82, 2.24) is 5.32 Å². The van der Waals surface area contributed by atoms with Crippen LogP contribution in [0.4, 0.5) is 0 Å². The maximum absolute atomic E-state index is 11.5. The highest BCUT2D eigenvalue weighted by Gasteiger charge is 2.10. The van der Waals surface area contributed by atoms with E-state index in [2.05, 4.69) is 21.2 Å². The van der Waals surface area contributed by atoms with Gasteiger partial charge in [-0.2, -0.15) is 0 Å². The number of carbonyl (C=O) groups is 1. The fraction of sp³-hybridized carbons (Fsp3) is 0.444. The van der Waals surface area contributed by atoms with Gasteiger partial charge in [-0.05, 0) is 28.1 Å². The second-order valence-electron chi connectivity index (χ2n) is 2.92. The number of rotatable bonds is 5. The molecule has 0 spiro atoms. The van der Waals surface area contributed by atoms with Crippen LogP contribution in [0.15, 0.2) is 15.9 Å². The lowest BCUT2D eigenvalue weighted by Crippen LogP contribution is -2.33. The number of nitrogens with one attached hydrogen (secondary N) is 1. The number of carbonyl (C=O) groups excluding carboxylic acids is 1. The largest absolute Gasteiger partial charge is 0.389 e. The van der Waals surface area contributed by atoms with Crippen molar-refractivity contribution in [2.24, 2.45) is 0 Å². The summed E-state index contributed by atoms with van der Waals surface area (Å²) in [5.41, 5.74) is 0. The fourth-order valence-corrected chi connectivity index (χ4v) is 2.29. The standard InChI is InChI=1S/C9H12BrNO3S/c1-14-5-6(12)4-11-9(13)7-2-3-8(10)15-7/h2-3,6,12H,4-5H2,1H3,(H,11,13). The number of aliphatic hydroxyl groups is 1. The first-order chi connectivity index (χ1) is 7.13. The molecular formula is C9H12BrNO3S. The van der Waals surface area contributed by atoms with E-state index in [1.54, 1.807) is 6.07 Å². The molecule has 0 saturated carbocycles. The Morgan fingerprint density at radius 1 is 1.73 bits per heavy atom. The van der Waals surface area contributed by atoms with Crippen LogP contribution in [-0.4, -0.2) is 37.4 Å². The van der Waals surface area contributed by atoms with Crippen LogP contribution in [0.3, 0.4) is 0 Å². The molecule has 0 bridgehead atoms. The van der Waals surface area contributed by atoms with Crippen LogP contribution in [0.5, 0.6) is 0 Å². The molecule has 1 aromatic rings. The number of methoxy groups -OCH3 is 1. The van der Waals surface area contributed by atoms with Crippen molar-refractivity contribution in [3.8, 4) is 0 Å². The minimum Gasteiger partial charge on any atom is -0.389 e. The summed E-state index contributed by atoms with van der Waals surface area (Å²) in [6, 6.07) is 3.54. The van der Waals surface area contributed by atoms with E-state index in [0.29, 0.717) is 4.88 Å². The molecule has 0 aromatic carbocycles. The summed E-state index contributed by atoms with van der Waals surface area (Å²) in [6.07, 6.45) is -0.664. The zero-order valence-corrected chi connectivity index (χ0v) is 10.6. The summed E-state index contributed by atoms with van der Waals surface area (Å²) in [5, 5.41) is 11.9. The molecule has 0 radical (unpaired) electrons. The molecule has 1 heterocycles. The van der Waals surface area contributed by atoms with Gasteiger partial charge in [-0.15, -0.1) is 11.3 Å². The fourth-order valence-electron chi connectivity index (χ4n) is 0.985. The molecule has 0 aliphatic heterocycles. The second-order valence-corrected chi connectivity index (χ2v) is 5.39. The summed E-state index contributed by atoms with van der Waals surface area (Å²) >= 11 is 4.63. The molecule has 15 heavy (non-hydrogen) atoms. The van der Waals surface area contributed by atoms with Gasteiger partial charge in [0.25, 0.3) is 5.91 Å². The first-order valence-corrected chi connectivity index (χ1v) is 5.95. The first kappa shape index (κ1) is 12.6. The SMILES string of the molecule is COCC(O)CNC(=O)c1ccc(Br)s1. The van der Waals surface area contributed by atoms with Gasteiger partial charge in [0.2, 0.25) is 0 Å². The topological polar surface area (TPSA) is 58.6 Å². The van der Waals surface area contributed by atoms with E-state index in [1.165, 1.54) is 18.4 Å². The molecule has 6 heteroatoms. The maximum atomic E-state index is 11.5. The van der Waals surface area contributed by atoms with Crippen LogP contribution in [0.25, 0.3) is 0 Å². The molecule has 0 saturated heterocycles. The second kappa shape index (κ2) is 6.22. The Morgan fingerprint density at radius 3 is 3.00 bits per heavy atom. The lowest BCUT2D eigenvalue weighted by atomic mass is 10.3. The number of halogens is 1. The Morgan fingerprint density at radius 2 is 2.47 bits per heavy atom. The quantitative estimate of drug-likeness (QED) is 0.859. The van der Waals surface area contributed by atoms with Gasteiger partial charge >= 0.3 is 0 Å². The summed E-state index contributed by atoms with van der Waals surface area (Å²) in [5.74, 6) is -0.180. The molecule has 1 atom stereocenters. The van der Waals surface area contributed by atoms with E-state index in [-0.39, 0.29) is 19.1 Å². The molecular weight excluding hydrogens is 282 g/mol. The molecule has 1 amide bonds. The van der Waals surface area contributed by atoms with Crippen molar-refractivity contribution in [3.05, 3.63) is 20.8 Å². The zero-order chi connectivity index (χ0) is 11.3. The number of hydrogen-bond donors (Lipinski definition) is 2. The minimum atomic E-state index is -0.664. The molecule has 0 aliphatic rings. The van der Waals surface area contributed by atoms with Crippen molar-refractivity contribution < 1.29 is 14.6 Å². The van der Waals surface area contributed by atoms with Gasteiger partial charge in [0.1, 0.15) is 0 Å². The normalized spacial score (nSPS) is 12.5. The molecule has 1 rings (SSSR count). The van der Waals surface area contributed by atoms with E-state index in [0.717, 1.165) is 3.79 Å². The Balaban J connectivity index is 2.36. The third-order valence-electron chi connectivity index (χ3n) is 1.65. The molecule has 4 nitrogen and oxygen atoms in total. The van der Waals surface area contributed by atoms with E-state index < -0.39 is 6.10 Å². The monoisotopic (exact) mass is 293 g/mol. The summed E-state index contributed by atoms with van der Waals surface area (Å²) in [6.45, 7) is 0.413. The summed E-state index contributed by atoms with van der Waals surface area (Å²) in [4.78, 5) is 12.1. The predicted octanol–water partition coefficient (Wildman–Crippen LogP) is 1.25. The van der Waals surface area contributed by atoms with Crippen molar-refractivity contribution in [2.75, 3.05) is 20.3 Å². The highest BCUT2D eigenvalue weighted by molar-refractivity contribution is 9.11. The zero-order valence-electron chi connectivity index (χ0n) is 8.20. The highest BCUT2D eigenvalue weighted by atomic mass is 79.9. The molecule has 1 aromatic heterocycles. The highest BCUT2D eigenvalue weighted by Crippen LogP contribution is 2.21. The number of aliphatic hydroxyl groups excluding tert-OH is 1. The maximum Gasteiger partial charge on any atom is 0.261 e. The van der Waals surface area contributed by atoms with Crippen LogP contribution < -0.4 is 5.32 Å². The molecule has 84 valence electrons. The van der Waals surface area contributed by atoms with Crippen molar-refractivity contribution >= 4 is 33.2 Å². The van der Waals surface area contributed by atoms with Gasteiger partial charge in [0.05, 0.1) is 21.4 Å². The lowest BCUT2D eigenvalue weighted by molar-refractivity contribution is 0.0611. The molecule has 2 N–H and O–H groups in total. The number of hydrogen-bond acceptors (Lipinski definition) is 4. The molecule has 0 aliphatic carbocycles. The number of amides is 1. The van der Waals surface area contributed by atoms with Gasteiger partial charge in [-0.25, -0.2) is 0 Å². The number of ether oxygens (including phenoxy) is 1. The van der Waals surface area contributed by atoms with Crippen LogP contribution in [0.2, 0.25) is 0 Å². The molecule has 1 unspecified atom stereocenters. The van der Waals surface area contributed by atoms with Gasteiger partial charge < -0.3 is 15.2 Å². The van der Waals surface area contributed by atoms with Gasteiger partial charge in [-0.3, -0.25) is 4.79 Å². The average molecular weight is 294 g/mol. The predicted molar refractivity (Wildman–Crippen MR) is 62.2 cm³/mol. The third-order valence-corrected chi connectivity index (χ3v) is 3.28. The minimum absolute atomic E-state index is 0.180. The number of thiophene rings is 1. The van der Waals surface area contributed by atoms with E-state index in [9.17, 15) is 9.90 Å².